The minimum atomic E-state index is -0.484. The van der Waals surface area contributed by atoms with Gasteiger partial charge in [0.25, 0.3) is 0 Å². The second-order valence-electron chi connectivity index (χ2n) is 10.5. The van der Waals surface area contributed by atoms with Crippen molar-refractivity contribution >= 4 is 17.6 Å². The standard InChI is InChI=1S/C24H33N5O2/c1-15-13-18-20(24(15)10-5-6-11-24)28-19-9-12-25-29(19)21(18)26-16-7-8-17(14-16)27-22(30)31-23(2,3)4/h9,12,16-17,26H,1,5-8,10-11,13-14H2,2-4H3,(H,27,30)/t16-,17-/m0/s1. The Balaban J connectivity index is 1.37. The number of nitrogens with one attached hydrogen (secondary N) is 2. The molecule has 0 aliphatic heterocycles. The zero-order valence-corrected chi connectivity index (χ0v) is 18.8. The van der Waals surface area contributed by atoms with Gasteiger partial charge in [-0.25, -0.2) is 9.78 Å². The van der Waals surface area contributed by atoms with Crippen molar-refractivity contribution in [3.8, 4) is 0 Å². The molecule has 3 aliphatic carbocycles. The average Bonchev–Trinajstić information content (AvgIpc) is 3.44. The summed E-state index contributed by atoms with van der Waals surface area (Å²) in [5.41, 5.74) is 4.23. The average molecular weight is 424 g/mol. The van der Waals surface area contributed by atoms with Gasteiger partial charge in [-0.15, -0.1) is 0 Å². The van der Waals surface area contributed by atoms with Crippen molar-refractivity contribution in [1.82, 2.24) is 19.9 Å². The highest BCUT2D eigenvalue weighted by molar-refractivity contribution is 5.68. The van der Waals surface area contributed by atoms with Gasteiger partial charge in [-0.2, -0.15) is 9.61 Å². The lowest BCUT2D eigenvalue weighted by atomic mass is 9.80. The number of ether oxygens (including phenoxy) is 1. The number of fused-ring (bicyclic) bond motifs is 3. The Kier molecular flexibility index (Phi) is 4.75. The number of nitrogens with zero attached hydrogens (tertiary/aromatic N) is 3. The van der Waals surface area contributed by atoms with E-state index in [1.54, 1.807) is 0 Å². The first kappa shape index (κ1) is 20.3. The summed E-state index contributed by atoms with van der Waals surface area (Å²) < 4.78 is 7.36. The third kappa shape index (κ3) is 3.58. The quantitative estimate of drug-likeness (QED) is 0.710. The molecule has 7 nitrogen and oxygen atoms in total. The summed E-state index contributed by atoms with van der Waals surface area (Å²) in [6, 6.07) is 2.37. The minimum absolute atomic E-state index is 0.0499. The first-order valence-electron chi connectivity index (χ1n) is 11.6. The van der Waals surface area contributed by atoms with E-state index in [4.69, 9.17) is 9.72 Å². The summed E-state index contributed by atoms with van der Waals surface area (Å²) in [4.78, 5) is 17.2. The van der Waals surface area contributed by atoms with E-state index in [-0.39, 0.29) is 23.6 Å². The van der Waals surface area contributed by atoms with E-state index in [9.17, 15) is 4.79 Å². The van der Waals surface area contributed by atoms with Gasteiger partial charge in [-0.1, -0.05) is 25.0 Å². The fraction of sp³-hybridized carbons (Fsp3) is 0.625. The van der Waals surface area contributed by atoms with Crippen molar-refractivity contribution in [2.75, 3.05) is 5.32 Å². The normalized spacial score (nSPS) is 24.7. The van der Waals surface area contributed by atoms with Crippen molar-refractivity contribution in [3.63, 3.8) is 0 Å². The summed E-state index contributed by atoms with van der Waals surface area (Å²) in [6.45, 7) is 10.1. The van der Waals surface area contributed by atoms with Gasteiger partial charge in [-0.05, 0) is 59.3 Å². The Morgan fingerprint density at radius 2 is 2.00 bits per heavy atom. The lowest BCUT2D eigenvalue weighted by Crippen LogP contribution is -2.38. The van der Waals surface area contributed by atoms with Crippen LogP contribution in [0.25, 0.3) is 5.65 Å². The maximum atomic E-state index is 12.2. The van der Waals surface area contributed by atoms with E-state index in [1.807, 2.05) is 37.5 Å². The Hall–Kier alpha value is -2.57. The van der Waals surface area contributed by atoms with Crippen LogP contribution >= 0.6 is 0 Å². The van der Waals surface area contributed by atoms with Crippen LogP contribution in [-0.2, 0) is 16.6 Å². The molecule has 2 aromatic heterocycles. The molecule has 1 amide bonds. The van der Waals surface area contributed by atoms with Gasteiger partial charge < -0.3 is 15.4 Å². The monoisotopic (exact) mass is 423 g/mol. The maximum Gasteiger partial charge on any atom is 0.407 e. The number of hydrogen-bond donors (Lipinski definition) is 2. The van der Waals surface area contributed by atoms with Crippen LogP contribution in [-0.4, -0.2) is 38.4 Å². The van der Waals surface area contributed by atoms with Gasteiger partial charge in [0.1, 0.15) is 11.4 Å². The molecule has 3 aliphatic rings. The Bertz CT molecular complexity index is 1030. The van der Waals surface area contributed by atoms with Crippen LogP contribution in [0.2, 0.25) is 0 Å². The Morgan fingerprint density at radius 1 is 1.26 bits per heavy atom. The number of aromatic nitrogens is 3. The van der Waals surface area contributed by atoms with Gasteiger partial charge in [-0.3, -0.25) is 0 Å². The van der Waals surface area contributed by atoms with Gasteiger partial charge in [0.15, 0.2) is 5.65 Å². The highest BCUT2D eigenvalue weighted by Gasteiger charge is 2.47. The topological polar surface area (TPSA) is 80.5 Å². The molecule has 2 saturated carbocycles. The summed E-state index contributed by atoms with van der Waals surface area (Å²) in [7, 11) is 0. The highest BCUT2D eigenvalue weighted by atomic mass is 16.6. The number of alkyl carbamates (subject to hydrolysis) is 1. The van der Waals surface area contributed by atoms with E-state index >= 15 is 0 Å². The summed E-state index contributed by atoms with van der Waals surface area (Å²) in [5.74, 6) is 1.05. The van der Waals surface area contributed by atoms with Gasteiger partial charge in [0.05, 0.1) is 11.9 Å². The molecule has 0 saturated heterocycles. The smallest absolute Gasteiger partial charge is 0.407 e. The van der Waals surface area contributed by atoms with Crippen LogP contribution in [0.1, 0.15) is 77.0 Å². The molecule has 0 aromatic carbocycles. The van der Waals surface area contributed by atoms with E-state index in [2.05, 4.69) is 22.3 Å². The molecule has 2 fully saturated rings. The Morgan fingerprint density at radius 3 is 2.74 bits per heavy atom. The minimum Gasteiger partial charge on any atom is -0.444 e. The van der Waals surface area contributed by atoms with Crippen molar-refractivity contribution in [2.45, 2.75) is 95.2 Å². The van der Waals surface area contributed by atoms with Crippen molar-refractivity contribution in [2.24, 2.45) is 0 Å². The molecule has 1 spiro atoms. The van der Waals surface area contributed by atoms with Crippen molar-refractivity contribution in [3.05, 3.63) is 35.7 Å². The predicted molar refractivity (Wildman–Crippen MR) is 120 cm³/mol. The van der Waals surface area contributed by atoms with Gasteiger partial charge in [0.2, 0.25) is 0 Å². The molecule has 0 unspecified atom stereocenters. The fourth-order valence-corrected chi connectivity index (χ4v) is 5.72. The van der Waals surface area contributed by atoms with Crippen LogP contribution in [0.4, 0.5) is 10.6 Å². The van der Waals surface area contributed by atoms with Crippen molar-refractivity contribution in [1.29, 1.82) is 0 Å². The number of carbonyl (C=O) groups is 1. The van der Waals surface area contributed by atoms with Crippen LogP contribution in [0.15, 0.2) is 24.4 Å². The predicted octanol–water partition coefficient (Wildman–Crippen LogP) is 4.51. The number of amides is 1. The van der Waals surface area contributed by atoms with E-state index in [1.165, 1.54) is 29.7 Å². The van der Waals surface area contributed by atoms with Crippen LogP contribution in [0, 0.1) is 0 Å². The largest absolute Gasteiger partial charge is 0.444 e. The molecule has 2 aromatic rings. The molecule has 2 heterocycles. The van der Waals surface area contributed by atoms with Crippen LogP contribution < -0.4 is 10.6 Å². The second-order valence-corrected chi connectivity index (χ2v) is 10.5. The van der Waals surface area contributed by atoms with E-state index in [0.717, 1.165) is 50.0 Å². The molecule has 7 heteroatoms. The third-order valence-electron chi connectivity index (χ3n) is 7.10. The maximum absolute atomic E-state index is 12.2. The first-order chi connectivity index (χ1) is 14.7. The molecule has 2 N–H and O–H groups in total. The lowest BCUT2D eigenvalue weighted by Gasteiger charge is -2.25. The van der Waals surface area contributed by atoms with Gasteiger partial charge in [0, 0.05) is 29.1 Å². The molecule has 31 heavy (non-hydrogen) atoms. The van der Waals surface area contributed by atoms with Crippen LogP contribution in [0.3, 0.4) is 0 Å². The third-order valence-corrected chi connectivity index (χ3v) is 7.10. The zero-order chi connectivity index (χ0) is 21.8. The number of anilines is 1. The molecule has 0 radical (unpaired) electrons. The Labute approximate surface area is 183 Å². The fourth-order valence-electron chi connectivity index (χ4n) is 5.72. The molecule has 0 bridgehead atoms. The number of allylic oxidation sites excluding steroid dienone is 1. The first-order valence-corrected chi connectivity index (χ1v) is 11.6. The SMILES string of the molecule is C=C1Cc2c(nc3ccnn3c2N[C@H]2CC[C@H](NC(=O)OC(C)(C)C)C2)C12CCCC2. The molecule has 2 atom stereocenters. The van der Waals surface area contributed by atoms with Crippen molar-refractivity contribution < 1.29 is 9.53 Å². The van der Waals surface area contributed by atoms with Gasteiger partial charge >= 0.3 is 6.09 Å². The van der Waals surface area contributed by atoms with Crippen LogP contribution in [0.5, 0.6) is 0 Å². The van der Waals surface area contributed by atoms with E-state index in [0.29, 0.717) is 0 Å². The summed E-state index contributed by atoms with van der Waals surface area (Å²) in [5, 5.41) is 11.4. The zero-order valence-electron chi connectivity index (χ0n) is 18.8. The highest BCUT2D eigenvalue weighted by Crippen LogP contribution is 2.53. The summed E-state index contributed by atoms with van der Waals surface area (Å²) in [6.07, 6.45) is 9.94. The molecular formula is C24H33N5O2. The summed E-state index contributed by atoms with van der Waals surface area (Å²) >= 11 is 0. The van der Waals surface area contributed by atoms with E-state index < -0.39 is 5.60 Å². The molecular weight excluding hydrogens is 390 g/mol. The molecule has 166 valence electrons. The number of rotatable bonds is 3. The number of hydrogen-bond acceptors (Lipinski definition) is 5. The number of carbonyl (C=O) groups excluding carboxylic acids is 1. The molecule has 5 rings (SSSR count). The second kappa shape index (κ2) is 7.24. The lowest BCUT2D eigenvalue weighted by molar-refractivity contribution is 0.0505.